The molecule has 0 aliphatic heterocycles. The smallest absolute Gasteiger partial charge is 0.359 e. The van der Waals surface area contributed by atoms with Gasteiger partial charge in [0.25, 0.3) is 11.6 Å². The Balaban J connectivity index is 1.63. The Morgan fingerprint density at radius 1 is 1.00 bits per heavy atom. The number of hydrogen-bond acceptors (Lipinski definition) is 7. The summed E-state index contributed by atoms with van der Waals surface area (Å²) in [5.41, 5.74) is 1.84. The zero-order valence-corrected chi connectivity index (χ0v) is 17.5. The lowest BCUT2D eigenvalue weighted by atomic mass is 10.1. The summed E-state index contributed by atoms with van der Waals surface area (Å²) in [4.78, 5) is 45.2. The van der Waals surface area contributed by atoms with Gasteiger partial charge in [-0.15, -0.1) is 0 Å². The van der Waals surface area contributed by atoms with Crippen LogP contribution in [0.15, 0.2) is 79.0 Å². The van der Waals surface area contributed by atoms with Crippen LogP contribution in [-0.4, -0.2) is 26.8 Å². The fourth-order valence-electron chi connectivity index (χ4n) is 3.22. The van der Waals surface area contributed by atoms with Gasteiger partial charge in [-0.2, -0.15) is 0 Å². The minimum absolute atomic E-state index is 0.00178. The number of nitro benzene ring substituents is 1. The molecule has 0 saturated carbocycles. The summed E-state index contributed by atoms with van der Waals surface area (Å²) in [7, 11) is 0. The molecule has 1 N–H and O–H groups in total. The van der Waals surface area contributed by atoms with Gasteiger partial charge in [0.1, 0.15) is 5.69 Å². The van der Waals surface area contributed by atoms with Crippen molar-refractivity contribution in [3.8, 4) is 0 Å². The predicted octanol–water partition coefficient (Wildman–Crippen LogP) is 4.38. The number of benzene rings is 3. The van der Waals surface area contributed by atoms with E-state index in [0.717, 1.165) is 0 Å². The number of para-hydroxylation sites is 2. The van der Waals surface area contributed by atoms with Crippen molar-refractivity contribution in [1.29, 1.82) is 0 Å². The van der Waals surface area contributed by atoms with Crippen molar-refractivity contribution in [2.75, 3.05) is 5.32 Å². The first-order chi connectivity index (χ1) is 15.9. The number of esters is 1. The molecule has 1 aromatic heterocycles. The van der Waals surface area contributed by atoms with Gasteiger partial charge < -0.3 is 10.1 Å². The molecular weight excluding hydrogens is 424 g/mol. The van der Waals surface area contributed by atoms with Gasteiger partial charge in [-0.1, -0.05) is 48.5 Å². The first-order valence-corrected chi connectivity index (χ1v) is 9.96. The van der Waals surface area contributed by atoms with Gasteiger partial charge in [-0.25, -0.2) is 9.78 Å². The summed E-state index contributed by atoms with van der Waals surface area (Å²) in [5.74, 6) is -1.59. The van der Waals surface area contributed by atoms with Crippen molar-refractivity contribution in [3.05, 3.63) is 106 Å². The number of aromatic nitrogens is 2. The van der Waals surface area contributed by atoms with E-state index in [2.05, 4.69) is 15.3 Å². The fourth-order valence-corrected chi connectivity index (χ4v) is 3.22. The standard InChI is InChI=1S/C24H18N4O5/c1-15-11-12-19(21(13-15)28(31)32)27-23(29)22(16-7-3-2-4-8-16)33-24(30)20-14-25-17-9-5-6-10-18(17)26-20/h2-14,22H,1H3,(H,27,29). The van der Waals surface area contributed by atoms with Crippen LogP contribution in [0.3, 0.4) is 0 Å². The van der Waals surface area contributed by atoms with Crippen LogP contribution < -0.4 is 5.32 Å². The van der Waals surface area contributed by atoms with E-state index in [4.69, 9.17) is 4.74 Å². The largest absolute Gasteiger partial charge is 0.443 e. The van der Waals surface area contributed by atoms with E-state index >= 15 is 0 Å². The maximum atomic E-state index is 13.1. The van der Waals surface area contributed by atoms with Crippen LogP contribution in [0.5, 0.6) is 0 Å². The van der Waals surface area contributed by atoms with Gasteiger partial charge in [0.2, 0.25) is 6.10 Å². The molecule has 9 heteroatoms. The van der Waals surface area contributed by atoms with Crippen molar-refractivity contribution in [3.63, 3.8) is 0 Å². The monoisotopic (exact) mass is 442 g/mol. The highest BCUT2D eigenvalue weighted by Crippen LogP contribution is 2.28. The topological polar surface area (TPSA) is 124 Å². The predicted molar refractivity (Wildman–Crippen MR) is 121 cm³/mol. The van der Waals surface area contributed by atoms with Crippen LogP contribution in [0.4, 0.5) is 11.4 Å². The van der Waals surface area contributed by atoms with E-state index in [1.54, 1.807) is 67.6 Å². The number of amides is 1. The van der Waals surface area contributed by atoms with Crippen LogP contribution >= 0.6 is 0 Å². The molecule has 0 fully saturated rings. The van der Waals surface area contributed by atoms with Gasteiger partial charge in [-0.05, 0) is 30.7 Å². The molecule has 0 bridgehead atoms. The molecule has 0 saturated heterocycles. The van der Waals surface area contributed by atoms with Gasteiger partial charge in [-0.3, -0.25) is 19.9 Å². The summed E-state index contributed by atoms with van der Waals surface area (Å²) in [6, 6.07) is 19.8. The number of anilines is 1. The number of nitrogens with zero attached hydrogens (tertiary/aromatic N) is 3. The molecule has 9 nitrogen and oxygen atoms in total. The Labute approximate surface area is 188 Å². The first kappa shape index (κ1) is 21.6. The van der Waals surface area contributed by atoms with Crippen LogP contribution in [-0.2, 0) is 9.53 Å². The van der Waals surface area contributed by atoms with Crippen molar-refractivity contribution < 1.29 is 19.2 Å². The summed E-state index contributed by atoms with van der Waals surface area (Å²) in [5, 5.41) is 13.9. The lowest BCUT2D eigenvalue weighted by Crippen LogP contribution is -2.26. The molecule has 1 unspecified atom stereocenters. The zero-order valence-electron chi connectivity index (χ0n) is 17.5. The summed E-state index contributed by atoms with van der Waals surface area (Å²) < 4.78 is 5.51. The Bertz CT molecular complexity index is 1360. The number of aryl methyl sites for hydroxylation is 1. The van der Waals surface area contributed by atoms with E-state index in [0.29, 0.717) is 22.2 Å². The molecule has 33 heavy (non-hydrogen) atoms. The molecule has 164 valence electrons. The summed E-state index contributed by atoms with van der Waals surface area (Å²) >= 11 is 0. The Kier molecular flexibility index (Phi) is 6.03. The molecule has 4 aromatic rings. The van der Waals surface area contributed by atoms with Crippen molar-refractivity contribution in [2.45, 2.75) is 13.0 Å². The molecule has 1 amide bonds. The molecular formula is C24H18N4O5. The molecule has 0 spiro atoms. The number of nitrogens with one attached hydrogen (secondary N) is 1. The Hall–Kier alpha value is -4.66. The van der Waals surface area contributed by atoms with Gasteiger partial charge >= 0.3 is 5.97 Å². The van der Waals surface area contributed by atoms with Crippen LogP contribution in [0, 0.1) is 17.0 Å². The van der Waals surface area contributed by atoms with Gasteiger partial charge in [0.15, 0.2) is 5.69 Å². The molecule has 0 radical (unpaired) electrons. The number of ether oxygens (including phenoxy) is 1. The number of nitro groups is 1. The normalized spacial score (nSPS) is 11.5. The third-order valence-corrected chi connectivity index (χ3v) is 4.83. The number of carbonyl (C=O) groups is 2. The van der Waals surface area contributed by atoms with E-state index in [1.165, 1.54) is 18.3 Å². The van der Waals surface area contributed by atoms with Crippen LogP contribution in [0.25, 0.3) is 11.0 Å². The van der Waals surface area contributed by atoms with Gasteiger partial charge in [0, 0.05) is 11.6 Å². The summed E-state index contributed by atoms with van der Waals surface area (Å²) in [6.07, 6.45) is -0.0945. The average Bonchev–Trinajstić information content (AvgIpc) is 2.83. The molecule has 1 heterocycles. The lowest BCUT2D eigenvalue weighted by Gasteiger charge is -2.18. The van der Waals surface area contributed by atoms with E-state index in [1.807, 2.05) is 0 Å². The fraction of sp³-hybridized carbons (Fsp3) is 0.0833. The Morgan fingerprint density at radius 2 is 1.70 bits per heavy atom. The van der Waals surface area contributed by atoms with Crippen LogP contribution in [0.2, 0.25) is 0 Å². The number of carbonyl (C=O) groups excluding carboxylic acids is 2. The number of fused-ring (bicyclic) bond motifs is 1. The minimum Gasteiger partial charge on any atom is -0.443 e. The van der Waals surface area contributed by atoms with Gasteiger partial charge in [0.05, 0.1) is 22.2 Å². The number of rotatable bonds is 6. The first-order valence-electron chi connectivity index (χ1n) is 9.96. The highest BCUT2D eigenvalue weighted by atomic mass is 16.6. The van der Waals surface area contributed by atoms with Crippen molar-refractivity contribution in [1.82, 2.24) is 9.97 Å². The average molecular weight is 442 g/mol. The van der Waals surface area contributed by atoms with Crippen molar-refractivity contribution in [2.24, 2.45) is 0 Å². The quantitative estimate of drug-likeness (QED) is 0.267. The van der Waals surface area contributed by atoms with Crippen LogP contribution in [0.1, 0.15) is 27.7 Å². The maximum Gasteiger partial charge on any atom is 0.359 e. The molecule has 0 aliphatic carbocycles. The van der Waals surface area contributed by atoms with Crippen molar-refractivity contribution >= 4 is 34.3 Å². The second kappa shape index (κ2) is 9.23. The van der Waals surface area contributed by atoms with E-state index in [9.17, 15) is 19.7 Å². The molecule has 0 aliphatic rings. The second-order valence-electron chi connectivity index (χ2n) is 7.21. The maximum absolute atomic E-state index is 13.1. The lowest BCUT2D eigenvalue weighted by molar-refractivity contribution is -0.384. The highest BCUT2D eigenvalue weighted by molar-refractivity contribution is 5.99. The minimum atomic E-state index is -1.37. The summed E-state index contributed by atoms with van der Waals surface area (Å²) in [6.45, 7) is 1.71. The van der Waals surface area contributed by atoms with E-state index < -0.39 is 22.9 Å². The Morgan fingerprint density at radius 3 is 2.42 bits per heavy atom. The zero-order chi connectivity index (χ0) is 23.4. The molecule has 1 atom stereocenters. The second-order valence-corrected chi connectivity index (χ2v) is 7.21. The third-order valence-electron chi connectivity index (χ3n) is 4.83. The SMILES string of the molecule is Cc1ccc(NC(=O)C(OC(=O)c2cnc3ccccc3n2)c2ccccc2)c([N+](=O)[O-])c1. The third kappa shape index (κ3) is 4.82. The van der Waals surface area contributed by atoms with E-state index in [-0.39, 0.29) is 17.1 Å². The molecule has 3 aromatic carbocycles. The highest BCUT2D eigenvalue weighted by Gasteiger charge is 2.28. The number of hydrogen-bond donors (Lipinski definition) is 1. The molecule has 4 rings (SSSR count).